The molecule has 2 N–H and O–H groups in total. The second kappa shape index (κ2) is 4.94. The lowest BCUT2D eigenvalue weighted by Gasteiger charge is -2.16. The zero-order valence-corrected chi connectivity index (χ0v) is 9.64. The lowest BCUT2D eigenvalue weighted by Crippen LogP contribution is -2.25. The third-order valence-electron chi connectivity index (χ3n) is 2.57. The number of aromatic amines is 1. The van der Waals surface area contributed by atoms with Gasteiger partial charge in [0.15, 0.2) is 0 Å². The number of imidazole rings is 1. The van der Waals surface area contributed by atoms with Crippen molar-refractivity contribution >= 4 is 0 Å². The van der Waals surface area contributed by atoms with Crippen LogP contribution in [-0.4, -0.2) is 26.3 Å². The number of H-pyrrole nitrogens is 1. The molecule has 0 aromatic carbocycles. The monoisotopic (exact) mass is 219 g/mol. The van der Waals surface area contributed by atoms with Crippen LogP contribution in [0.15, 0.2) is 24.8 Å². The van der Waals surface area contributed by atoms with E-state index in [2.05, 4.69) is 27.4 Å². The molecule has 0 saturated carbocycles. The van der Waals surface area contributed by atoms with E-state index in [4.69, 9.17) is 0 Å². The second-order valence-corrected chi connectivity index (χ2v) is 3.82. The Balaban J connectivity index is 2.25. The zero-order chi connectivity index (χ0) is 11.4. The van der Waals surface area contributed by atoms with Crippen LogP contribution in [-0.2, 0) is 7.05 Å². The molecule has 0 saturated heterocycles. The Labute approximate surface area is 94.9 Å². The summed E-state index contributed by atoms with van der Waals surface area (Å²) in [7, 11) is 2.00. The van der Waals surface area contributed by atoms with Crippen LogP contribution in [0.1, 0.15) is 30.8 Å². The fourth-order valence-electron chi connectivity index (χ4n) is 1.72. The molecule has 1 atom stereocenters. The molecule has 0 aliphatic carbocycles. The SMILES string of the molecule is CCCNC(c1cn[nH]c1)c1nccn1C. The first-order valence-electron chi connectivity index (χ1n) is 5.52. The third-order valence-corrected chi connectivity index (χ3v) is 2.57. The first kappa shape index (κ1) is 10.9. The lowest BCUT2D eigenvalue weighted by molar-refractivity contribution is 0.556. The molecule has 0 amide bonds. The van der Waals surface area contributed by atoms with Crippen molar-refractivity contribution in [2.75, 3.05) is 6.54 Å². The predicted octanol–water partition coefficient (Wildman–Crippen LogP) is 1.23. The van der Waals surface area contributed by atoms with E-state index >= 15 is 0 Å². The van der Waals surface area contributed by atoms with Gasteiger partial charge in [-0.2, -0.15) is 5.10 Å². The highest BCUT2D eigenvalue weighted by Crippen LogP contribution is 2.18. The fourth-order valence-corrected chi connectivity index (χ4v) is 1.72. The molecule has 0 radical (unpaired) electrons. The number of aromatic nitrogens is 4. The maximum Gasteiger partial charge on any atom is 0.130 e. The third kappa shape index (κ3) is 2.14. The summed E-state index contributed by atoms with van der Waals surface area (Å²) < 4.78 is 2.03. The Kier molecular flexibility index (Phi) is 3.36. The summed E-state index contributed by atoms with van der Waals surface area (Å²) in [5, 5.41) is 10.3. The summed E-state index contributed by atoms with van der Waals surface area (Å²) >= 11 is 0. The van der Waals surface area contributed by atoms with Gasteiger partial charge in [0, 0.05) is 31.2 Å². The maximum absolute atomic E-state index is 4.38. The van der Waals surface area contributed by atoms with Crippen molar-refractivity contribution in [3.05, 3.63) is 36.2 Å². The van der Waals surface area contributed by atoms with Crippen molar-refractivity contribution in [3.63, 3.8) is 0 Å². The molecule has 2 aromatic rings. The van der Waals surface area contributed by atoms with E-state index in [0.717, 1.165) is 24.4 Å². The summed E-state index contributed by atoms with van der Waals surface area (Å²) in [6, 6.07) is 0.110. The van der Waals surface area contributed by atoms with Gasteiger partial charge in [-0.25, -0.2) is 4.98 Å². The van der Waals surface area contributed by atoms with Gasteiger partial charge in [-0.3, -0.25) is 5.10 Å². The molecule has 2 aromatic heterocycles. The summed E-state index contributed by atoms with van der Waals surface area (Å²) in [6.07, 6.45) is 8.61. The molecule has 0 fully saturated rings. The molecule has 16 heavy (non-hydrogen) atoms. The van der Waals surface area contributed by atoms with Crippen molar-refractivity contribution in [1.29, 1.82) is 0 Å². The molecule has 2 rings (SSSR count). The normalized spacial score (nSPS) is 12.9. The molecule has 0 aliphatic rings. The number of hydrogen-bond donors (Lipinski definition) is 2. The van der Waals surface area contributed by atoms with Crippen molar-refractivity contribution in [2.45, 2.75) is 19.4 Å². The van der Waals surface area contributed by atoms with E-state index in [-0.39, 0.29) is 6.04 Å². The number of aryl methyl sites for hydroxylation is 1. The smallest absolute Gasteiger partial charge is 0.130 e. The van der Waals surface area contributed by atoms with E-state index in [9.17, 15) is 0 Å². The summed E-state index contributed by atoms with van der Waals surface area (Å²) in [6.45, 7) is 3.11. The van der Waals surface area contributed by atoms with Gasteiger partial charge < -0.3 is 9.88 Å². The Morgan fingerprint density at radius 2 is 2.44 bits per heavy atom. The molecule has 0 bridgehead atoms. The molecule has 0 aliphatic heterocycles. The maximum atomic E-state index is 4.38. The summed E-state index contributed by atoms with van der Waals surface area (Å²) in [4.78, 5) is 4.38. The minimum absolute atomic E-state index is 0.110. The van der Waals surface area contributed by atoms with Crippen LogP contribution < -0.4 is 5.32 Å². The van der Waals surface area contributed by atoms with Gasteiger partial charge in [0.2, 0.25) is 0 Å². The highest BCUT2D eigenvalue weighted by atomic mass is 15.1. The molecular weight excluding hydrogens is 202 g/mol. The van der Waals surface area contributed by atoms with Crippen molar-refractivity contribution < 1.29 is 0 Å². The fraction of sp³-hybridized carbons (Fsp3) is 0.455. The largest absolute Gasteiger partial charge is 0.336 e. The Morgan fingerprint density at radius 3 is 3.00 bits per heavy atom. The van der Waals surface area contributed by atoms with Gasteiger partial charge in [-0.1, -0.05) is 6.92 Å². The van der Waals surface area contributed by atoms with Crippen LogP contribution in [0.5, 0.6) is 0 Å². The van der Waals surface area contributed by atoms with Gasteiger partial charge in [0.05, 0.1) is 12.2 Å². The highest BCUT2D eigenvalue weighted by Gasteiger charge is 2.17. The minimum atomic E-state index is 0.110. The molecule has 5 nitrogen and oxygen atoms in total. The lowest BCUT2D eigenvalue weighted by atomic mass is 10.1. The van der Waals surface area contributed by atoms with E-state index < -0.39 is 0 Å². The predicted molar refractivity (Wildman–Crippen MR) is 61.9 cm³/mol. The Morgan fingerprint density at radius 1 is 1.56 bits per heavy atom. The van der Waals surface area contributed by atoms with Crippen molar-refractivity contribution in [1.82, 2.24) is 25.1 Å². The van der Waals surface area contributed by atoms with Crippen LogP contribution >= 0.6 is 0 Å². The van der Waals surface area contributed by atoms with E-state index in [0.29, 0.717) is 0 Å². The summed E-state index contributed by atoms with van der Waals surface area (Å²) in [5.74, 6) is 1.01. The first-order chi connectivity index (χ1) is 7.83. The number of nitrogens with zero attached hydrogens (tertiary/aromatic N) is 3. The quantitative estimate of drug-likeness (QED) is 0.795. The van der Waals surface area contributed by atoms with Crippen molar-refractivity contribution in [3.8, 4) is 0 Å². The zero-order valence-electron chi connectivity index (χ0n) is 9.64. The van der Waals surface area contributed by atoms with Crippen LogP contribution in [0.4, 0.5) is 0 Å². The van der Waals surface area contributed by atoms with Gasteiger partial charge in [-0.05, 0) is 13.0 Å². The van der Waals surface area contributed by atoms with E-state index in [1.54, 1.807) is 0 Å². The molecular formula is C11H17N5. The Hall–Kier alpha value is -1.62. The average molecular weight is 219 g/mol. The molecule has 2 heterocycles. The van der Waals surface area contributed by atoms with Crippen LogP contribution in [0.25, 0.3) is 0 Å². The van der Waals surface area contributed by atoms with Gasteiger partial charge in [-0.15, -0.1) is 0 Å². The standard InChI is InChI=1S/C11H17N5/c1-3-4-12-10(9-7-14-15-8-9)11-13-5-6-16(11)2/h5-8,10,12H,3-4H2,1-2H3,(H,14,15). The highest BCUT2D eigenvalue weighted by molar-refractivity contribution is 5.19. The van der Waals surface area contributed by atoms with Crippen LogP contribution in [0.2, 0.25) is 0 Å². The molecule has 5 heteroatoms. The number of rotatable bonds is 5. The average Bonchev–Trinajstić information content (AvgIpc) is 2.91. The minimum Gasteiger partial charge on any atom is -0.336 e. The number of nitrogens with one attached hydrogen (secondary N) is 2. The summed E-state index contributed by atoms with van der Waals surface area (Å²) in [5.41, 5.74) is 1.11. The molecule has 1 unspecified atom stereocenters. The topological polar surface area (TPSA) is 58.5 Å². The van der Waals surface area contributed by atoms with Gasteiger partial charge in [0.1, 0.15) is 5.82 Å². The van der Waals surface area contributed by atoms with E-state index in [1.807, 2.05) is 36.4 Å². The van der Waals surface area contributed by atoms with Crippen LogP contribution in [0, 0.1) is 0 Å². The second-order valence-electron chi connectivity index (χ2n) is 3.82. The van der Waals surface area contributed by atoms with Gasteiger partial charge >= 0.3 is 0 Å². The Bertz CT molecular complexity index is 417. The molecule has 86 valence electrons. The van der Waals surface area contributed by atoms with Gasteiger partial charge in [0.25, 0.3) is 0 Å². The van der Waals surface area contributed by atoms with Crippen LogP contribution in [0.3, 0.4) is 0 Å². The van der Waals surface area contributed by atoms with Crippen molar-refractivity contribution in [2.24, 2.45) is 7.05 Å². The molecule has 0 spiro atoms. The van der Waals surface area contributed by atoms with E-state index in [1.165, 1.54) is 0 Å². The number of hydrogen-bond acceptors (Lipinski definition) is 3. The first-order valence-corrected chi connectivity index (χ1v) is 5.52.